The van der Waals surface area contributed by atoms with Gasteiger partial charge >= 0.3 is 0 Å². The summed E-state index contributed by atoms with van der Waals surface area (Å²) in [5, 5.41) is 6.17. The quantitative estimate of drug-likeness (QED) is 0.647. The molecule has 2 aromatic rings. The monoisotopic (exact) mass is 427 g/mol. The Hall–Kier alpha value is 0.220. The summed E-state index contributed by atoms with van der Waals surface area (Å²) in [7, 11) is 0. The van der Waals surface area contributed by atoms with Gasteiger partial charge in [-0.15, -0.1) is 11.3 Å². The summed E-state index contributed by atoms with van der Waals surface area (Å²) < 4.78 is 2.27. The molecule has 0 fully saturated rings. The topological polar surface area (TPSA) is 12.0 Å². The van der Waals surface area contributed by atoms with Crippen molar-refractivity contribution in [3.8, 4) is 0 Å². The minimum atomic E-state index is 0.766. The lowest BCUT2D eigenvalue weighted by atomic mass is 10.3. The maximum atomic E-state index is 6.13. The average Bonchev–Trinajstić information content (AvgIpc) is 2.63. The van der Waals surface area contributed by atoms with Gasteiger partial charge in [0.25, 0.3) is 0 Å². The fourth-order valence-corrected chi connectivity index (χ4v) is 3.58. The summed E-state index contributed by atoms with van der Waals surface area (Å²) in [6, 6.07) is 8.11. The molecule has 0 saturated heterocycles. The van der Waals surface area contributed by atoms with Crippen molar-refractivity contribution in [2.75, 3.05) is 5.32 Å². The molecule has 84 valence electrons. The van der Waals surface area contributed by atoms with Gasteiger partial charge in [-0.1, -0.05) is 11.6 Å². The standard InChI is InChI=1S/C11H8BrClINS/c12-7-3-9(16-6-7)5-15-11-2-1-8(14)4-10(11)13/h1-4,6,15H,5H2. The lowest BCUT2D eigenvalue weighted by Crippen LogP contribution is -1.97. The molecule has 0 aliphatic heterocycles. The fourth-order valence-electron chi connectivity index (χ4n) is 1.26. The van der Waals surface area contributed by atoms with Gasteiger partial charge in [-0.3, -0.25) is 0 Å². The zero-order valence-corrected chi connectivity index (χ0v) is 13.5. The lowest BCUT2D eigenvalue weighted by Gasteiger charge is -2.07. The largest absolute Gasteiger partial charge is 0.379 e. The van der Waals surface area contributed by atoms with Crippen molar-refractivity contribution < 1.29 is 0 Å². The first kappa shape index (κ1) is 12.7. The third-order valence-electron chi connectivity index (χ3n) is 2.01. The van der Waals surface area contributed by atoms with Crippen molar-refractivity contribution in [1.29, 1.82) is 0 Å². The van der Waals surface area contributed by atoms with E-state index >= 15 is 0 Å². The highest BCUT2D eigenvalue weighted by Gasteiger charge is 2.02. The van der Waals surface area contributed by atoms with E-state index in [4.69, 9.17) is 11.6 Å². The number of hydrogen-bond acceptors (Lipinski definition) is 2. The second-order valence-corrected chi connectivity index (χ2v) is 6.77. The first-order chi connectivity index (χ1) is 7.65. The molecular weight excluding hydrogens is 420 g/mol. The van der Waals surface area contributed by atoms with Gasteiger partial charge in [0.2, 0.25) is 0 Å². The molecule has 0 aliphatic carbocycles. The van der Waals surface area contributed by atoms with E-state index in [0.717, 1.165) is 25.3 Å². The molecule has 0 bridgehead atoms. The maximum Gasteiger partial charge on any atom is 0.0648 e. The van der Waals surface area contributed by atoms with E-state index < -0.39 is 0 Å². The van der Waals surface area contributed by atoms with Gasteiger partial charge in [0.05, 0.1) is 10.7 Å². The van der Waals surface area contributed by atoms with Crippen LogP contribution in [0.4, 0.5) is 5.69 Å². The average molecular weight is 429 g/mol. The normalized spacial score (nSPS) is 10.4. The van der Waals surface area contributed by atoms with Crippen LogP contribution in [0.1, 0.15) is 4.88 Å². The highest BCUT2D eigenvalue weighted by Crippen LogP contribution is 2.26. The number of halogens is 3. The van der Waals surface area contributed by atoms with Crippen molar-refractivity contribution >= 4 is 67.1 Å². The minimum Gasteiger partial charge on any atom is -0.379 e. The minimum absolute atomic E-state index is 0.766. The molecule has 5 heteroatoms. The number of hydrogen-bond donors (Lipinski definition) is 1. The van der Waals surface area contributed by atoms with Crippen LogP contribution in [0.15, 0.2) is 34.1 Å². The number of anilines is 1. The van der Waals surface area contributed by atoms with Crippen molar-refractivity contribution in [2.24, 2.45) is 0 Å². The molecule has 1 heterocycles. The van der Waals surface area contributed by atoms with Gasteiger partial charge in [0.15, 0.2) is 0 Å². The third-order valence-corrected chi connectivity index (χ3v) is 4.69. The van der Waals surface area contributed by atoms with Crippen LogP contribution in [0.3, 0.4) is 0 Å². The molecule has 1 N–H and O–H groups in total. The first-order valence-electron chi connectivity index (χ1n) is 4.57. The molecule has 2 rings (SSSR count). The molecule has 1 nitrogen and oxygen atoms in total. The van der Waals surface area contributed by atoms with E-state index in [1.165, 1.54) is 4.88 Å². The van der Waals surface area contributed by atoms with Gasteiger partial charge in [0, 0.05) is 24.8 Å². The van der Waals surface area contributed by atoms with Crippen molar-refractivity contribution in [1.82, 2.24) is 0 Å². The van der Waals surface area contributed by atoms with Crippen molar-refractivity contribution in [3.63, 3.8) is 0 Å². The molecule has 0 saturated carbocycles. The SMILES string of the molecule is Clc1cc(I)ccc1NCc1cc(Br)cs1. The highest BCUT2D eigenvalue weighted by atomic mass is 127. The Labute approximate surface area is 125 Å². The number of nitrogens with one attached hydrogen (secondary N) is 1. The van der Waals surface area contributed by atoms with E-state index in [1.807, 2.05) is 18.2 Å². The molecule has 1 aromatic heterocycles. The Balaban J connectivity index is 2.04. The Morgan fingerprint density at radius 2 is 2.19 bits per heavy atom. The van der Waals surface area contributed by atoms with Crippen LogP contribution in [-0.4, -0.2) is 0 Å². The van der Waals surface area contributed by atoms with E-state index in [-0.39, 0.29) is 0 Å². The first-order valence-corrected chi connectivity index (χ1v) is 7.70. The summed E-state index contributed by atoms with van der Waals surface area (Å²) in [4.78, 5) is 1.28. The molecule has 0 radical (unpaired) electrons. The van der Waals surface area contributed by atoms with Crippen LogP contribution in [-0.2, 0) is 6.54 Å². The van der Waals surface area contributed by atoms with Crippen molar-refractivity contribution in [2.45, 2.75) is 6.54 Å². The van der Waals surface area contributed by atoms with E-state index in [2.05, 4.69) is 55.3 Å². The summed E-state index contributed by atoms with van der Waals surface area (Å²) >= 11 is 13.5. The van der Waals surface area contributed by atoms with Crippen LogP contribution in [0.25, 0.3) is 0 Å². The van der Waals surface area contributed by atoms with Crippen LogP contribution >= 0.6 is 61.5 Å². The highest BCUT2D eigenvalue weighted by molar-refractivity contribution is 14.1. The van der Waals surface area contributed by atoms with Crippen LogP contribution in [0, 0.1) is 3.57 Å². The summed E-state index contributed by atoms with van der Waals surface area (Å²) in [5.74, 6) is 0. The van der Waals surface area contributed by atoms with E-state index in [0.29, 0.717) is 0 Å². The zero-order chi connectivity index (χ0) is 11.5. The molecular formula is C11H8BrClINS. The van der Waals surface area contributed by atoms with Gasteiger partial charge in [-0.2, -0.15) is 0 Å². The van der Waals surface area contributed by atoms with Crippen LogP contribution in [0.2, 0.25) is 5.02 Å². The molecule has 0 aliphatic rings. The predicted octanol–water partition coefficient (Wildman–Crippen LogP) is 5.38. The molecule has 1 aromatic carbocycles. The zero-order valence-electron chi connectivity index (χ0n) is 8.14. The van der Waals surface area contributed by atoms with E-state index in [9.17, 15) is 0 Å². The molecule has 0 atom stereocenters. The van der Waals surface area contributed by atoms with Crippen LogP contribution < -0.4 is 5.32 Å². The summed E-state index contributed by atoms with van der Waals surface area (Å²) in [6.07, 6.45) is 0. The molecule has 0 spiro atoms. The number of thiophene rings is 1. The number of rotatable bonds is 3. The Bertz CT molecular complexity index is 500. The molecule has 16 heavy (non-hydrogen) atoms. The predicted molar refractivity (Wildman–Crippen MR) is 83.5 cm³/mol. The third kappa shape index (κ3) is 3.35. The lowest BCUT2D eigenvalue weighted by molar-refractivity contribution is 1.19. The Kier molecular flexibility index (Phi) is 4.52. The smallest absolute Gasteiger partial charge is 0.0648 e. The number of benzene rings is 1. The molecule has 0 amide bonds. The second-order valence-electron chi connectivity index (χ2n) is 3.21. The van der Waals surface area contributed by atoms with E-state index in [1.54, 1.807) is 11.3 Å². The molecule has 0 unspecified atom stereocenters. The van der Waals surface area contributed by atoms with Gasteiger partial charge in [0.1, 0.15) is 0 Å². The summed E-state index contributed by atoms with van der Waals surface area (Å²) in [6.45, 7) is 0.802. The van der Waals surface area contributed by atoms with Gasteiger partial charge in [-0.05, 0) is 62.8 Å². The Morgan fingerprint density at radius 1 is 1.38 bits per heavy atom. The maximum absolute atomic E-state index is 6.13. The van der Waals surface area contributed by atoms with Gasteiger partial charge in [-0.25, -0.2) is 0 Å². The van der Waals surface area contributed by atoms with Gasteiger partial charge < -0.3 is 5.32 Å². The van der Waals surface area contributed by atoms with Crippen molar-refractivity contribution in [3.05, 3.63) is 47.6 Å². The Morgan fingerprint density at radius 3 is 2.81 bits per heavy atom. The van der Waals surface area contributed by atoms with Crippen LogP contribution in [0.5, 0.6) is 0 Å². The summed E-state index contributed by atoms with van der Waals surface area (Å²) in [5.41, 5.74) is 0.978. The second kappa shape index (κ2) is 5.71. The fraction of sp³-hybridized carbons (Fsp3) is 0.0909.